The number of nitrogens with two attached hydrogens (primary N) is 1. The maximum atomic E-state index is 14.0. The van der Waals surface area contributed by atoms with E-state index in [1.54, 1.807) is 6.07 Å². The molecule has 1 aromatic carbocycles. The largest absolute Gasteiger partial charge is 0.493 e. The molecule has 0 fully saturated rings. The predicted molar refractivity (Wildman–Crippen MR) is 70.5 cm³/mol. The summed E-state index contributed by atoms with van der Waals surface area (Å²) in [5.74, 6) is 0.518. The van der Waals surface area contributed by atoms with Gasteiger partial charge < -0.3 is 15.2 Å². The lowest BCUT2D eigenvalue weighted by molar-refractivity contribution is 0.332. The van der Waals surface area contributed by atoms with Crippen molar-refractivity contribution in [1.29, 1.82) is 0 Å². The Labute approximate surface area is 108 Å². The van der Waals surface area contributed by atoms with Gasteiger partial charge in [-0.3, -0.25) is 0 Å². The summed E-state index contributed by atoms with van der Waals surface area (Å²) in [5, 5.41) is 0. The lowest BCUT2D eigenvalue weighted by atomic mass is 9.85. The van der Waals surface area contributed by atoms with Gasteiger partial charge in [-0.05, 0) is 17.9 Å². The number of halogens is 1. The highest BCUT2D eigenvalue weighted by molar-refractivity contribution is 5.44. The first-order chi connectivity index (χ1) is 8.28. The molecule has 0 aromatic heterocycles. The van der Waals surface area contributed by atoms with Crippen LogP contribution in [0.1, 0.15) is 38.8 Å². The molecule has 0 spiro atoms. The second kappa shape index (κ2) is 5.57. The number of benzene rings is 1. The summed E-state index contributed by atoms with van der Waals surface area (Å²) >= 11 is 0. The Bertz CT molecular complexity index is 413. The highest BCUT2D eigenvalue weighted by Crippen LogP contribution is 2.35. The zero-order chi connectivity index (χ0) is 13.9. The summed E-state index contributed by atoms with van der Waals surface area (Å²) < 4.78 is 24.2. The molecule has 1 aromatic rings. The molecular weight excluding hydrogens is 233 g/mol. The Morgan fingerprint density at radius 1 is 1.17 bits per heavy atom. The minimum absolute atomic E-state index is 0.0407. The van der Waals surface area contributed by atoms with Crippen LogP contribution in [0.5, 0.6) is 11.5 Å². The third kappa shape index (κ3) is 3.60. The Morgan fingerprint density at radius 2 is 1.67 bits per heavy atom. The van der Waals surface area contributed by atoms with E-state index in [0.717, 1.165) is 0 Å². The average Bonchev–Trinajstić information content (AvgIpc) is 2.26. The Hall–Kier alpha value is -1.29. The first-order valence-corrected chi connectivity index (χ1v) is 5.95. The molecular formula is C14H22FNO2. The smallest absolute Gasteiger partial charge is 0.163 e. The fourth-order valence-corrected chi connectivity index (χ4v) is 1.92. The molecule has 102 valence electrons. The molecule has 2 N–H and O–H groups in total. The van der Waals surface area contributed by atoms with Crippen LogP contribution in [0.3, 0.4) is 0 Å². The van der Waals surface area contributed by atoms with Crippen LogP contribution in [-0.4, -0.2) is 14.2 Å². The third-order valence-corrected chi connectivity index (χ3v) is 2.73. The van der Waals surface area contributed by atoms with E-state index in [9.17, 15) is 4.39 Å². The molecule has 0 bridgehead atoms. The van der Waals surface area contributed by atoms with Gasteiger partial charge >= 0.3 is 0 Å². The molecule has 0 heterocycles. The van der Waals surface area contributed by atoms with Crippen molar-refractivity contribution >= 4 is 0 Å². The van der Waals surface area contributed by atoms with Crippen LogP contribution < -0.4 is 15.2 Å². The molecule has 0 aliphatic carbocycles. The molecule has 0 saturated carbocycles. The topological polar surface area (TPSA) is 44.5 Å². The fraction of sp³-hybridized carbons (Fsp3) is 0.571. The minimum Gasteiger partial charge on any atom is -0.493 e. The number of hydrogen-bond donors (Lipinski definition) is 1. The Morgan fingerprint density at radius 3 is 2.11 bits per heavy atom. The molecule has 18 heavy (non-hydrogen) atoms. The van der Waals surface area contributed by atoms with Crippen molar-refractivity contribution in [1.82, 2.24) is 0 Å². The molecule has 0 amide bonds. The maximum absolute atomic E-state index is 14.0. The van der Waals surface area contributed by atoms with Crippen LogP contribution in [0.4, 0.5) is 4.39 Å². The lowest BCUT2D eigenvalue weighted by Gasteiger charge is -2.24. The highest BCUT2D eigenvalue weighted by Gasteiger charge is 2.21. The van der Waals surface area contributed by atoms with E-state index in [4.69, 9.17) is 15.2 Å². The van der Waals surface area contributed by atoms with Crippen LogP contribution in [-0.2, 0) is 0 Å². The summed E-state index contributed by atoms with van der Waals surface area (Å²) in [6.45, 7) is 6.22. The normalized spacial score (nSPS) is 13.3. The van der Waals surface area contributed by atoms with Gasteiger partial charge in [0.1, 0.15) is 5.82 Å². The lowest BCUT2D eigenvalue weighted by Crippen LogP contribution is -2.20. The molecule has 3 nitrogen and oxygen atoms in total. The van der Waals surface area contributed by atoms with Crippen LogP contribution in [0.25, 0.3) is 0 Å². The molecule has 0 saturated heterocycles. The van der Waals surface area contributed by atoms with Crippen LogP contribution in [0, 0.1) is 11.2 Å². The number of rotatable bonds is 4. The van der Waals surface area contributed by atoms with Crippen LogP contribution >= 0.6 is 0 Å². The van der Waals surface area contributed by atoms with Crippen molar-refractivity contribution in [2.45, 2.75) is 33.2 Å². The summed E-state index contributed by atoms with van der Waals surface area (Å²) in [4.78, 5) is 0. The van der Waals surface area contributed by atoms with E-state index in [0.29, 0.717) is 23.5 Å². The Balaban J connectivity index is 3.09. The zero-order valence-corrected chi connectivity index (χ0v) is 11.7. The first kappa shape index (κ1) is 14.8. The summed E-state index contributed by atoms with van der Waals surface area (Å²) in [6.07, 6.45) is 0.694. The van der Waals surface area contributed by atoms with Gasteiger partial charge in [-0.2, -0.15) is 0 Å². The van der Waals surface area contributed by atoms with Crippen LogP contribution in [0.2, 0.25) is 0 Å². The molecule has 0 aliphatic heterocycles. The average molecular weight is 255 g/mol. The van der Waals surface area contributed by atoms with E-state index in [1.807, 2.05) is 0 Å². The number of methoxy groups -OCH3 is 2. The molecule has 4 heteroatoms. The van der Waals surface area contributed by atoms with Gasteiger partial charge in [0.2, 0.25) is 0 Å². The molecule has 0 radical (unpaired) electrons. The van der Waals surface area contributed by atoms with E-state index in [-0.39, 0.29) is 17.3 Å². The van der Waals surface area contributed by atoms with Gasteiger partial charge in [-0.1, -0.05) is 20.8 Å². The molecule has 1 unspecified atom stereocenters. The van der Waals surface area contributed by atoms with E-state index in [2.05, 4.69) is 20.8 Å². The van der Waals surface area contributed by atoms with E-state index >= 15 is 0 Å². The quantitative estimate of drug-likeness (QED) is 0.898. The summed E-state index contributed by atoms with van der Waals surface area (Å²) in [7, 11) is 3.00. The van der Waals surface area contributed by atoms with Gasteiger partial charge in [0, 0.05) is 17.7 Å². The van der Waals surface area contributed by atoms with Gasteiger partial charge in [0.05, 0.1) is 14.2 Å². The molecule has 0 aliphatic rings. The molecule has 1 atom stereocenters. The van der Waals surface area contributed by atoms with Crippen molar-refractivity contribution in [2.24, 2.45) is 11.1 Å². The second-order valence-corrected chi connectivity index (χ2v) is 5.60. The van der Waals surface area contributed by atoms with Gasteiger partial charge in [0.25, 0.3) is 0 Å². The SMILES string of the molecule is COc1cc(F)c(C(N)CC(C)(C)C)cc1OC. The number of hydrogen-bond acceptors (Lipinski definition) is 3. The van der Waals surface area contributed by atoms with Crippen molar-refractivity contribution in [3.05, 3.63) is 23.5 Å². The van der Waals surface area contributed by atoms with E-state index < -0.39 is 0 Å². The fourth-order valence-electron chi connectivity index (χ4n) is 1.92. The zero-order valence-electron chi connectivity index (χ0n) is 11.7. The summed E-state index contributed by atoms with van der Waals surface area (Å²) in [6, 6.07) is 2.58. The first-order valence-electron chi connectivity index (χ1n) is 5.95. The van der Waals surface area contributed by atoms with Crippen molar-refractivity contribution in [3.8, 4) is 11.5 Å². The molecule has 1 rings (SSSR count). The summed E-state index contributed by atoms with van der Waals surface area (Å²) in [5.41, 5.74) is 6.56. The van der Waals surface area contributed by atoms with Gasteiger partial charge in [-0.25, -0.2) is 4.39 Å². The van der Waals surface area contributed by atoms with Crippen molar-refractivity contribution < 1.29 is 13.9 Å². The standard InChI is InChI=1S/C14H22FNO2/c1-14(2,3)8-11(16)9-6-12(17-4)13(18-5)7-10(9)15/h6-7,11H,8,16H2,1-5H3. The van der Waals surface area contributed by atoms with Gasteiger partial charge in [-0.15, -0.1) is 0 Å². The number of ether oxygens (including phenoxy) is 2. The van der Waals surface area contributed by atoms with Crippen molar-refractivity contribution in [2.75, 3.05) is 14.2 Å². The monoisotopic (exact) mass is 255 g/mol. The Kier molecular flexibility index (Phi) is 4.57. The maximum Gasteiger partial charge on any atom is 0.163 e. The highest BCUT2D eigenvalue weighted by atomic mass is 19.1. The van der Waals surface area contributed by atoms with E-state index in [1.165, 1.54) is 20.3 Å². The van der Waals surface area contributed by atoms with Crippen LogP contribution in [0.15, 0.2) is 12.1 Å². The predicted octanol–water partition coefficient (Wildman–Crippen LogP) is 3.28. The minimum atomic E-state index is -0.357. The third-order valence-electron chi connectivity index (χ3n) is 2.73. The second-order valence-electron chi connectivity index (χ2n) is 5.60. The van der Waals surface area contributed by atoms with Crippen molar-refractivity contribution in [3.63, 3.8) is 0 Å². The van der Waals surface area contributed by atoms with Gasteiger partial charge in [0.15, 0.2) is 11.5 Å².